The van der Waals surface area contributed by atoms with Crippen molar-refractivity contribution in [3.63, 3.8) is 0 Å². The second-order valence-corrected chi connectivity index (χ2v) is 10.2. The number of benzene rings is 2. The highest BCUT2D eigenvalue weighted by molar-refractivity contribution is 8.69. The Hall–Kier alpha value is -1.06. The summed E-state index contributed by atoms with van der Waals surface area (Å²) in [7, 11) is 0.494. The van der Waals surface area contributed by atoms with E-state index in [0.717, 1.165) is 5.56 Å². The Kier molecular flexibility index (Phi) is 4.95. The fraction of sp³-hybridized carbons (Fsp3) is 0.333. The van der Waals surface area contributed by atoms with Crippen LogP contribution in [0.15, 0.2) is 60.7 Å². The molecule has 0 spiro atoms. The molecule has 1 nitrogen and oxygen atoms in total. The van der Waals surface area contributed by atoms with Crippen LogP contribution in [0.3, 0.4) is 0 Å². The topological polar surface area (TPSA) is 17.1 Å². The molecule has 0 aliphatic rings. The molecule has 0 saturated heterocycles. The van der Waals surface area contributed by atoms with Gasteiger partial charge in [-0.1, -0.05) is 60.7 Å². The average molecular weight is 319 g/mol. The summed E-state index contributed by atoms with van der Waals surface area (Å²) in [6, 6.07) is 20.4. The third-order valence-electron chi connectivity index (χ3n) is 3.64. The van der Waals surface area contributed by atoms with Gasteiger partial charge >= 0.3 is 0 Å². The number of hydrogen-bond acceptors (Lipinski definition) is 2. The van der Waals surface area contributed by atoms with Crippen molar-refractivity contribution >= 4 is 20.6 Å². The maximum absolute atomic E-state index is 12.9. The molecule has 1 unspecified atom stereocenters. The Morgan fingerprint density at radius 1 is 0.762 bits per heavy atom. The van der Waals surface area contributed by atoms with Crippen LogP contribution in [0.25, 0.3) is 0 Å². The first-order chi connectivity index (χ1) is 9.84. The molecule has 0 bridgehead atoms. The standard InChI is InChI=1S/C18H22OS2/c1-17(2,15-11-7-5-8-12-15)20-21(19)18(3,4)16-13-9-6-10-14-16/h5-14H,1-4H3. The molecule has 2 rings (SSSR count). The SMILES string of the molecule is CC(C)(SS(=O)C(C)(C)c1ccccc1)c1ccccc1. The third kappa shape index (κ3) is 3.78. The Labute approximate surface area is 134 Å². The third-order valence-corrected chi connectivity index (χ3v) is 8.47. The van der Waals surface area contributed by atoms with E-state index in [1.54, 1.807) is 0 Å². The van der Waals surface area contributed by atoms with Crippen molar-refractivity contribution in [2.45, 2.75) is 37.2 Å². The highest BCUT2D eigenvalue weighted by Gasteiger charge is 2.34. The smallest absolute Gasteiger partial charge is 0.0914 e. The van der Waals surface area contributed by atoms with Crippen LogP contribution in [-0.2, 0) is 19.3 Å². The van der Waals surface area contributed by atoms with Crippen molar-refractivity contribution in [2.24, 2.45) is 0 Å². The van der Waals surface area contributed by atoms with Gasteiger partial charge in [0.25, 0.3) is 0 Å². The molecule has 2 aromatic rings. The summed E-state index contributed by atoms with van der Waals surface area (Å²) < 4.78 is 12.4. The van der Waals surface area contributed by atoms with Gasteiger partial charge in [0, 0.05) is 4.75 Å². The molecule has 0 N–H and O–H groups in total. The van der Waals surface area contributed by atoms with Gasteiger partial charge in [-0.25, -0.2) is 4.21 Å². The van der Waals surface area contributed by atoms with Crippen molar-refractivity contribution in [3.05, 3.63) is 71.8 Å². The van der Waals surface area contributed by atoms with Crippen molar-refractivity contribution in [3.8, 4) is 0 Å². The second kappa shape index (κ2) is 6.37. The van der Waals surface area contributed by atoms with E-state index in [4.69, 9.17) is 0 Å². The zero-order chi connectivity index (χ0) is 15.5. The monoisotopic (exact) mass is 318 g/mol. The van der Waals surface area contributed by atoms with Gasteiger partial charge in [-0.15, -0.1) is 0 Å². The van der Waals surface area contributed by atoms with Crippen LogP contribution >= 0.6 is 10.8 Å². The molecule has 1 atom stereocenters. The molecule has 0 aliphatic heterocycles. The zero-order valence-electron chi connectivity index (χ0n) is 13.0. The van der Waals surface area contributed by atoms with E-state index < -0.39 is 9.83 Å². The van der Waals surface area contributed by atoms with E-state index >= 15 is 0 Å². The Morgan fingerprint density at radius 2 is 1.19 bits per heavy atom. The minimum absolute atomic E-state index is 0.182. The Balaban J connectivity index is 2.21. The lowest BCUT2D eigenvalue weighted by atomic mass is 10.0. The molecule has 2 aromatic carbocycles. The average Bonchev–Trinajstić information content (AvgIpc) is 2.48. The Morgan fingerprint density at radius 3 is 1.67 bits per heavy atom. The van der Waals surface area contributed by atoms with Gasteiger partial charge in [0.1, 0.15) is 0 Å². The number of hydrogen-bond donors (Lipinski definition) is 0. The van der Waals surface area contributed by atoms with E-state index in [1.807, 2.05) is 62.4 Å². The lowest BCUT2D eigenvalue weighted by Gasteiger charge is -2.30. The molecule has 0 aromatic heterocycles. The normalized spacial score (nSPS) is 13.9. The van der Waals surface area contributed by atoms with E-state index in [9.17, 15) is 4.21 Å². The van der Waals surface area contributed by atoms with E-state index in [0.29, 0.717) is 0 Å². The summed E-state index contributed by atoms with van der Waals surface area (Å²) in [6.07, 6.45) is 0. The fourth-order valence-electron chi connectivity index (χ4n) is 2.12. The van der Waals surface area contributed by atoms with E-state index in [2.05, 4.69) is 26.0 Å². The van der Waals surface area contributed by atoms with Gasteiger partial charge in [0.15, 0.2) is 0 Å². The minimum atomic E-state index is -1.03. The molecular formula is C18H22OS2. The van der Waals surface area contributed by atoms with Crippen LogP contribution in [0.4, 0.5) is 0 Å². The first kappa shape index (κ1) is 16.3. The van der Waals surface area contributed by atoms with E-state index in [1.165, 1.54) is 16.4 Å². The van der Waals surface area contributed by atoms with Gasteiger partial charge in [0.05, 0.1) is 14.6 Å². The summed E-state index contributed by atoms with van der Waals surface area (Å²) in [4.78, 5) is 0. The van der Waals surface area contributed by atoms with Gasteiger partial charge in [-0.2, -0.15) is 0 Å². The summed E-state index contributed by atoms with van der Waals surface area (Å²) in [6.45, 7) is 8.36. The molecule has 21 heavy (non-hydrogen) atoms. The van der Waals surface area contributed by atoms with Gasteiger partial charge in [-0.05, 0) is 49.6 Å². The van der Waals surface area contributed by atoms with Crippen molar-refractivity contribution in [1.82, 2.24) is 0 Å². The van der Waals surface area contributed by atoms with Crippen LogP contribution in [0.2, 0.25) is 0 Å². The van der Waals surface area contributed by atoms with Crippen molar-refractivity contribution < 1.29 is 4.21 Å². The maximum Gasteiger partial charge on any atom is 0.0914 e. The van der Waals surface area contributed by atoms with Gasteiger partial charge < -0.3 is 0 Å². The van der Waals surface area contributed by atoms with Crippen molar-refractivity contribution in [2.75, 3.05) is 0 Å². The van der Waals surface area contributed by atoms with Crippen LogP contribution in [0, 0.1) is 0 Å². The second-order valence-electron chi connectivity index (χ2n) is 6.07. The first-order valence-corrected chi connectivity index (χ1v) is 9.55. The minimum Gasteiger partial charge on any atom is -0.247 e. The lowest BCUT2D eigenvalue weighted by molar-refractivity contribution is 0.654. The Bertz CT molecular complexity index is 604. The molecule has 112 valence electrons. The highest BCUT2D eigenvalue weighted by atomic mass is 33.1. The van der Waals surface area contributed by atoms with Crippen molar-refractivity contribution in [1.29, 1.82) is 0 Å². The van der Waals surface area contributed by atoms with Crippen LogP contribution in [0.5, 0.6) is 0 Å². The fourth-order valence-corrected chi connectivity index (χ4v) is 5.60. The number of rotatable bonds is 5. The summed E-state index contributed by atoms with van der Waals surface area (Å²) in [5.41, 5.74) is 2.31. The first-order valence-electron chi connectivity index (χ1n) is 7.06. The molecule has 0 saturated carbocycles. The molecule has 0 radical (unpaired) electrons. The largest absolute Gasteiger partial charge is 0.247 e. The molecule has 0 aliphatic carbocycles. The van der Waals surface area contributed by atoms with Gasteiger partial charge in [0.2, 0.25) is 0 Å². The summed E-state index contributed by atoms with van der Waals surface area (Å²) in [5, 5.41) is 0. The molecule has 0 heterocycles. The maximum atomic E-state index is 12.9. The van der Waals surface area contributed by atoms with E-state index in [-0.39, 0.29) is 9.49 Å². The molecule has 3 heteroatoms. The molecular weight excluding hydrogens is 296 g/mol. The zero-order valence-corrected chi connectivity index (χ0v) is 14.6. The van der Waals surface area contributed by atoms with Crippen LogP contribution < -0.4 is 0 Å². The summed E-state index contributed by atoms with van der Waals surface area (Å²) >= 11 is 0. The quantitative estimate of drug-likeness (QED) is 0.700. The van der Waals surface area contributed by atoms with Crippen LogP contribution in [0.1, 0.15) is 38.8 Å². The van der Waals surface area contributed by atoms with Gasteiger partial charge in [-0.3, -0.25) is 0 Å². The molecule has 0 fully saturated rings. The lowest BCUT2D eigenvalue weighted by Crippen LogP contribution is -2.25. The predicted octanol–water partition coefficient (Wildman–Crippen LogP) is 5.25. The predicted molar refractivity (Wildman–Crippen MR) is 94.7 cm³/mol. The highest BCUT2D eigenvalue weighted by Crippen LogP contribution is 2.44. The summed E-state index contributed by atoms with van der Waals surface area (Å²) in [5.74, 6) is 0. The molecule has 0 amide bonds. The van der Waals surface area contributed by atoms with Crippen LogP contribution in [-0.4, -0.2) is 4.21 Å².